The van der Waals surface area contributed by atoms with E-state index in [9.17, 15) is 10.1 Å². The predicted octanol–water partition coefficient (Wildman–Crippen LogP) is 2.32. The Morgan fingerprint density at radius 2 is 2.11 bits per heavy atom. The van der Waals surface area contributed by atoms with Crippen LogP contribution in [0.25, 0.3) is 0 Å². The third-order valence-electron chi connectivity index (χ3n) is 2.86. The Hall–Kier alpha value is -2.57. The van der Waals surface area contributed by atoms with E-state index in [-0.39, 0.29) is 11.4 Å². The zero-order chi connectivity index (χ0) is 14.2. The molecule has 0 aliphatic rings. The maximum Gasteiger partial charge on any atom is 0.271 e. The molecule has 7 nitrogen and oxygen atoms in total. The predicted molar refractivity (Wildman–Crippen MR) is 70.3 cm³/mol. The molecule has 7 heteroatoms. The van der Waals surface area contributed by atoms with Gasteiger partial charge in [-0.15, -0.1) is 0 Å². The summed E-state index contributed by atoms with van der Waals surface area (Å²) in [4.78, 5) is 10.1. The lowest BCUT2D eigenvalue weighted by Crippen LogP contribution is -1.96. The highest BCUT2D eigenvalue weighted by Crippen LogP contribution is 2.33. The van der Waals surface area contributed by atoms with Gasteiger partial charge in [0.05, 0.1) is 16.3 Å². The van der Waals surface area contributed by atoms with Crippen LogP contribution in [-0.2, 0) is 7.05 Å². The molecule has 0 radical (unpaired) electrons. The number of nitrogens with zero attached hydrogens (tertiary/aromatic N) is 3. The number of nitro groups is 1. The number of anilines is 1. The zero-order valence-electron chi connectivity index (χ0n) is 10.9. The largest absolute Gasteiger partial charge is 0.451 e. The third kappa shape index (κ3) is 2.35. The zero-order valence-corrected chi connectivity index (χ0v) is 10.9. The van der Waals surface area contributed by atoms with E-state index < -0.39 is 4.92 Å². The van der Waals surface area contributed by atoms with E-state index >= 15 is 0 Å². The number of nitrogens with two attached hydrogens (primary N) is 1. The van der Waals surface area contributed by atoms with E-state index in [2.05, 4.69) is 5.10 Å². The second-order valence-corrected chi connectivity index (χ2v) is 4.20. The SMILES string of the molecule is Cc1nn(C)c(C)c1Oc1ccc([N+](=O)[O-])cc1N. The Morgan fingerprint density at radius 3 is 2.58 bits per heavy atom. The number of benzene rings is 1. The molecule has 0 aliphatic carbocycles. The van der Waals surface area contributed by atoms with Crippen molar-refractivity contribution in [2.24, 2.45) is 7.05 Å². The first-order valence-corrected chi connectivity index (χ1v) is 5.62. The molecule has 0 spiro atoms. The van der Waals surface area contributed by atoms with Gasteiger partial charge in [0.2, 0.25) is 0 Å². The van der Waals surface area contributed by atoms with Crippen LogP contribution in [0, 0.1) is 24.0 Å². The molecule has 1 aromatic heterocycles. The molecular weight excluding hydrogens is 248 g/mol. The van der Waals surface area contributed by atoms with Crippen molar-refractivity contribution in [1.29, 1.82) is 0 Å². The molecule has 100 valence electrons. The van der Waals surface area contributed by atoms with Gasteiger partial charge in [-0.2, -0.15) is 5.10 Å². The van der Waals surface area contributed by atoms with Crippen LogP contribution in [0.2, 0.25) is 0 Å². The van der Waals surface area contributed by atoms with E-state index in [4.69, 9.17) is 10.5 Å². The standard InChI is InChI=1S/C12H14N4O3/c1-7-12(8(2)15(3)14-7)19-11-5-4-9(16(17)18)6-10(11)13/h4-6H,13H2,1-3H3. The summed E-state index contributed by atoms with van der Waals surface area (Å²) in [6.07, 6.45) is 0. The fraction of sp³-hybridized carbons (Fsp3) is 0.250. The van der Waals surface area contributed by atoms with E-state index in [1.54, 1.807) is 4.68 Å². The fourth-order valence-corrected chi connectivity index (χ4v) is 1.75. The molecule has 0 fully saturated rings. The number of rotatable bonds is 3. The lowest BCUT2D eigenvalue weighted by molar-refractivity contribution is -0.384. The number of hydrogen-bond acceptors (Lipinski definition) is 5. The van der Waals surface area contributed by atoms with E-state index in [0.29, 0.717) is 11.5 Å². The molecule has 1 aromatic carbocycles. The van der Waals surface area contributed by atoms with Gasteiger partial charge in [-0.1, -0.05) is 0 Å². The van der Waals surface area contributed by atoms with Gasteiger partial charge in [-0.25, -0.2) is 0 Å². The molecule has 2 aromatic rings. The highest BCUT2D eigenvalue weighted by Gasteiger charge is 2.15. The third-order valence-corrected chi connectivity index (χ3v) is 2.86. The maximum atomic E-state index is 10.6. The summed E-state index contributed by atoms with van der Waals surface area (Å²) in [5, 5.41) is 14.9. The Labute approximate surface area is 109 Å². The summed E-state index contributed by atoms with van der Waals surface area (Å²) in [6, 6.07) is 4.11. The normalized spacial score (nSPS) is 10.5. The molecule has 0 saturated carbocycles. The summed E-state index contributed by atoms with van der Waals surface area (Å²) < 4.78 is 7.40. The second kappa shape index (κ2) is 4.60. The Morgan fingerprint density at radius 1 is 1.42 bits per heavy atom. The fourth-order valence-electron chi connectivity index (χ4n) is 1.75. The maximum absolute atomic E-state index is 10.6. The first-order valence-electron chi connectivity index (χ1n) is 5.62. The molecule has 0 amide bonds. The first-order chi connectivity index (χ1) is 8.90. The van der Waals surface area contributed by atoms with E-state index in [1.165, 1.54) is 18.2 Å². The van der Waals surface area contributed by atoms with Gasteiger partial charge in [0.15, 0.2) is 11.5 Å². The summed E-state index contributed by atoms with van der Waals surface area (Å²) >= 11 is 0. The van der Waals surface area contributed by atoms with Crippen molar-refractivity contribution in [1.82, 2.24) is 9.78 Å². The van der Waals surface area contributed by atoms with Crippen molar-refractivity contribution in [2.75, 3.05) is 5.73 Å². The smallest absolute Gasteiger partial charge is 0.271 e. The van der Waals surface area contributed by atoms with Crippen LogP contribution in [0.4, 0.5) is 11.4 Å². The van der Waals surface area contributed by atoms with Crippen LogP contribution in [-0.4, -0.2) is 14.7 Å². The first kappa shape index (κ1) is 12.9. The Bertz CT molecular complexity index is 649. The molecule has 19 heavy (non-hydrogen) atoms. The summed E-state index contributed by atoms with van der Waals surface area (Å²) in [6.45, 7) is 3.70. The van der Waals surface area contributed by atoms with E-state index in [1.807, 2.05) is 20.9 Å². The number of non-ortho nitro benzene ring substituents is 1. The van der Waals surface area contributed by atoms with Gasteiger partial charge in [0, 0.05) is 19.2 Å². The van der Waals surface area contributed by atoms with Crippen molar-refractivity contribution >= 4 is 11.4 Å². The van der Waals surface area contributed by atoms with Crippen LogP contribution >= 0.6 is 0 Å². The molecule has 1 heterocycles. The number of aromatic nitrogens is 2. The number of ether oxygens (including phenoxy) is 1. The Kier molecular flexibility index (Phi) is 3.12. The van der Waals surface area contributed by atoms with Gasteiger partial charge >= 0.3 is 0 Å². The minimum absolute atomic E-state index is 0.0653. The van der Waals surface area contributed by atoms with Gasteiger partial charge in [-0.3, -0.25) is 14.8 Å². The minimum atomic E-state index is -0.499. The number of aryl methyl sites for hydroxylation is 2. The van der Waals surface area contributed by atoms with Crippen LogP contribution in [0.5, 0.6) is 11.5 Å². The Balaban J connectivity index is 2.36. The highest BCUT2D eigenvalue weighted by atomic mass is 16.6. The topological polar surface area (TPSA) is 96.2 Å². The highest BCUT2D eigenvalue weighted by molar-refractivity contribution is 5.59. The number of hydrogen-bond donors (Lipinski definition) is 1. The van der Waals surface area contributed by atoms with Gasteiger partial charge in [0.25, 0.3) is 5.69 Å². The minimum Gasteiger partial charge on any atom is -0.451 e. The van der Waals surface area contributed by atoms with Crippen LogP contribution < -0.4 is 10.5 Å². The average molecular weight is 262 g/mol. The summed E-state index contributed by atoms with van der Waals surface area (Å²) in [5.74, 6) is 0.993. The molecular formula is C12H14N4O3. The number of nitro benzene ring substituents is 1. The lowest BCUT2D eigenvalue weighted by atomic mass is 10.2. The van der Waals surface area contributed by atoms with Crippen molar-refractivity contribution in [3.05, 3.63) is 39.7 Å². The lowest BCUT2D eigenvalue weighted by Gasteiger charge is -2.08. The van der Waals surface area contributed by atoms with Crippen LogP contribution in [0.3, 0.4) is 0 Å². The van der Waals surface area contributed by atoms with Crippen molar-refractivity contribution in [3.63, 3.8) is 0 Å². The second-order valence-electron chi connectivity index (χ2n) is 4.20. The summed E-state index contributed by atoms with van der Waals surface area (Å²) in [7, 11) is 1.81. The average Bonchev–Trinajstić information content (AvgIpc) is 2.58. The number of nitrogen functional groups attached to an aromatic ring is 1. The molecule has 0 bridgehead atoms. The van der Waals surface area contributed by atoms with Gasteiger partial charge in [0.1, 0.15) is 5.69 Å². The molecule has 0 saturated heterocycles. The van der Waals surface area contributed by atoms with Crippen molar-refractivity contribution in [3.8, 4) is 11.5 Å². The summed E-state index contributed by atoms with van der Waals surface area (Å²) in [5.41, 5.74) is 7.50. The van der Waals surface area contributed by atoms with Crippen molar-refractivity contribution < 1.29 is 9.66 Å². The van der Waals surface area contributed by atoms with Gasteiger partial charge < -0.3 is 10.5 Å². The monoisotopic (exact) mass is 262 g/mol. The van der Waals surface area contributed by atoms with Crippen LogP contribution in [0.15, 0.2) is 18.2 Å². The molecule has 2 N–H and O–H groups in total. The quantitative estimate of drug-likeness (QED) is 0.520. The van der Waals surface area contributed by atoms with Crippen molar-refractivity contribution in [2.45, 2.75) is 13.8 Å². The van der Waals surface area contributed by atoms with E-state index in [0.717, 1.165) is 11.4 Å². The molecule has 2 rings (SSSR count). The molecule has 0 unspecified atom stereocenters. The molecule has 0 atom stereocenters. The van der Waals surface area contributed by atoms with Gasteiger partial charge in [-0.05, 0) is 19.9 Å². The molecule has 0 aliphatic heterocycles. The van der Waals surface area contributed by atoms with Crippen LogP contribution in [0.1, 0.15) is 11.4 Å².